The number of thiophene rings is 1. The van der Waals surface area contributed by atoms with E-state index in [9.17, 15) is 0 Å². The summed E-state index contributed by atoms with van der Waals surface area (Å²) in [7, 11) is 1.69. The van der Waals surface area contributed by atoms with Gasteiger partial charge in [-0.15, -0.1) is 0 Å². The summed E-state index contributed by atoms with van der Waals surface area (Å²) in [5.74, 6) is 1.61. The molecule has 5 heteroatoms. The zero-order valence-corrected chi connectivity index (χ0v) is 17.0. The van der Waals surface area contributed by atoms with Crippen LogP contribution in [0.1, 0.15) is 46.5 Å². The van der Waals surface area contributed by atoms with Crippen molar-refractivity contribution < 1.29 is 9.47 Å². The molecule has 0 amide bonds. The molecule has 0 saturated carbocycles. The number of nitrogens with zero attached hydrogens (tertiary/aromatic N) is 2. The van der Waals surface area contributed by atoms with E-state index < -0.39 is 0 Å². The Bertz CT molecular complexity index is 1060. The number of para-hydroxylation sites is 1. The van der Waals surface area contributed by atoms with Gasteiger partial charge >= 0.3 is 0 Å². The second kappa shape index (κ2) is 6.67. The summed E-state index contributed by atoms with van der Waals surface area (Å²) in [5, 5.41) is 11.4. The van der Waals surface area contributed by atoms with E-state index in [1.807, 2.05) is 12.1 Å². The Morgan fingerprint density at radius 1 is 1.14 bits per heavy atom. The topological polar surface area (TPSA) is 34.1 Å². The van der Waals surface area contributed by atoms with E-state index in [-0.39, 0.29) is 12.3 Å². The minimum atomic E-state index is -0.246. The van der Waals surface area contributed by atoms with Gasteiger partial charge in [0.15, 0.2) is 11.5 Å². The monoisotopic (exact) mass is 390 g/mol. The summed E-state index contributed by atoms with van der Waals surface area (Å²) in [6, 6.07) is 14.9. The highest BCUT2D eigenvalue weighted by Gasteiger charge is 2.42. The number of rotatable bonds is 3. The Balaban J connectivity index is 1.61. The number of aryl methyl sites for hydroxylation is 2. The van der Waals surface area contributed by atoms with Gasteiger partial charge in [-0.05, 0) is 59.5 Å². The van der Waals surface area contributed by atoms with Crippen LogP contribution >= 0.6 is 11.3 Å². The van der Waals surface area contributed by atoms with Crippen LogP contribution in [0, 0.1) is 13.8 Å². The van der Waals surface area contributed by atoms with Crippen molar-refractivity contribution in [3.05, 3.63) is 81.0 Å². The average Bonchev–Trinajstić information content (AvgIpc) is 3.39. The van der Waals surface area contributed by atoms with Crippen LogP contribution in [-0.2, 0) is 0 Å². The van der Waals surface area contributed by atoms with E-state index in [2.05, 4.69) is 59.9 Å². The minimum Gasteiger partial charge on any atom is -0.493 e. The van der Waals surface area contributed by atoms with Crippen molar-refractivity contribution in [3.8, 4) is 11.5 Å². The zero-order valence-electron chi connectivity index (χ0n) is 16.2. The van der Waals surface area contributed by atoms with Gasteiger partial charge in [0.25, 0.3) is 0 Å². The van der Waals surface area contributed by atoms with Crippen molar-refractivity contribution in [2.24, 2.45) is 5.10 Å². The van der Waals surface area contributed by atoms with Crippen LogP contribution < -0.4 is 9.47 Å². The first-order chi connectivity index (χ1) is 13.7. The van der Waals surface area contributed by atoms with Crippen LogP contribution in [0.5, 0.6) is 11.5 Å². The lowest BCUT2D eigenvalue weighted by atomic mass is 9.94. The highest BCUT2D eigenvalue weighted by Crippen LogP contribution is 2.50. The first kappa shape index (κ1) is 17.3. The van der Waals surface area contributed by atoms with E-state index in [4.69, 9.17) is 14.6 Å². The molecule has 0 fully saturated rings. The fraction of sp³-hybridized carbons (Fsp3) is 0.261. The maximum atomic E-state index is 6.44. The van der Waals surface area contributed by atoms with Gasteiger partial charge in [-0.2, -0.15) is 16.4 Å². The molecular formula is C23H22N2O2S. The molecule has 0 radical (unpaired) electrons. The Morgan fingerprint density at radius 3 is 2.79 bits per heavy atom. The van der Waals surface area contributed by atoms with Crippen molar-refractivity contribution in [1.29, 1.82) is 0 Å². The largest absolute Gasteiger partial charge is 0.493 e. The number of fused-ring (bicyclic) bond motifs is 3. The summed E-state index contributed by atoms with van der Waals surface area (Å²) >= 11 is 1.67. The molecule has 0 aliphatic carbocycles. The van der Waals surface area contributed by atoms with Crippen LogP contribution in [0.15, 0.2) is 58.3 Å². The predicted molar refractivity (Wildman–Crippen MR) is 112 cm³/mol. The molecule has 2 aromatic carbocycles. The fourth-order valence-electron chi connectivity index (χ4n) is 3.98. The Kier molecular flexibility index (Phi) is 4.13. The van der Waals surface area contributed by atoms with E-state index in [1.54, 1.807) is 18.4 Å². The van der Waals surface area contributed by atoms with Crippen molar-refractivity contribution in [2.75, 3.05) is 7.11 Å². The third kappa shape index (κ3) is 2.69. The van der Waals surface area contributed by atoms with Crippen molar-refractivity contribution >= 4 is 17.0 Å². The van der Waals surface area contributed by atoms with Crippen LogP contribution in [-0.4, -0.2) is 17.8 Å². The van der Waals surface area contributed by atoms with E-state index in [0.29, 0.717) is 0 Å². The van der Waals surface area contributed by atoms with Gasteiger partial charge in [-0.25, -0.2) is 5.01 Å². The third-order valence-electron chi connectivity index (χ3n) is 5.67. The lowest BCUT2D eigenvalue weighted by molar-refractivity contribution is -0.0206. The molecule has 0 N–H and O–H groups in total. The zero-order chi connectivity index (χ0) is 19.3. The summed E-state index contributed by atoms with van der Waals surface area (Å²) in [4.78, 5) is 0. The molecule has 0 unspecified atom stereocenters. The number of hydrazone groups is 1. The summed E-state index contributed by atoms with van der Waals surface area (Å²) in [6.07, 6.45) is 0.608. The predicted octanol–water partition coefficient (Wildman–Crippen LogP) is 5.62. The van der Waals surface area contributed by atoms with Gasteiger partial charge in [0.2, 0.25) is 6.23 Å². The molecule has 3 aromatic rings. The molecule has 2 aliphatic heterocycles. The Hall–Kier alpha value is -2.79. The molecule has 5 rings (SSSR count). The lowest BCUT2D eigenvalue weighted by Crippen LogP contribution is -2.33. The molecule has 142 valence electrons. The van der Waals surface area contributed by atoms with Crippen LogP contribution in [0.4, 0.5) is 0 Å². The SMILES string of the molecule is COc1cccc2c1O[C@@H](c1ccsc1)N1N=C(c3ccc(C)c(C)c3)C[C@@H]21. The second-order valence-electron chi connectivity index (χ2n) is 7.35. The first-order valence-corrected chi connectivity index (χ1v) is 10.4. The average molecular weight is 391 g/mol. The van der Waals surface area contributed by atoms with Gasteiger partial charge in [-0.3, -0.25) is 0 Å². The number of hydrogen-bond donors (Lipinski definition) is 0. The number of methoxy groups -OCH3 is 1. The molecule has 4 nitrogen and oxygen atoms in total. The fourth-order valence-corrected chi connectivity index (χ4v) is 4.64. The van der Waals surface area contributed by atoms with Crippen molar-refractivity contribution in [2.45, 2.75) is 32.5 Å². The lowest BCUT2D eigenvalue weighted by Gasteiger charge is -2.38. The number of hydrogen-bond acceptors (Lipinski definition) is 5. The standard InChI is InChI=1S/C23H22N2O2S/c1-14-7-8-16(11-15(14)2)19-12-20-18-5-4-6-21(26-3)22(18)27-23(25(20)24-19)17-9-10-28-13-17/h4-11,13,20,23H,12H2,1-3H3/t20-,23-/m0/s1. The molecule has 0 bridgehead atoms. The van der Waals surface area contributed by atoms with Crippen LogP contribution in [0.3, 0.4) is 0 Å². The van der Waals surface area contributed by atoms with Gasteiger partial charge in [-0.1, -0.05) is 24.3 Å². The molecule has 2 atom stereocenters. The molecule has 3 heterocycles. The van der Waals surface area contributed by atoms with Gasteiger partial charge in [0, 0.05) is 17.5 Å². The number of benzene rings is 2. The molecular weight excluding hydrogens is 368 g/mol. The molecule has 2 aliphatic rings. The van der Waals surface area contributed by atoms with Gasteiger partial charge in [0.05, 0.1) is 18.9 Å². The number of ether oxygens (including phenoxy) is 2. The molecule has 1 aromatic heterocycles. The summed E-state index contributed by atoms with van der Waals surface area (Å²) in [6.45, 7) is 4.29. The maximum absolute atomic E-state index is 6.44. The van der Waals surface area contributed by atoms with E-state index in [1.165, 1.54) is 16.7 Å². The third-order valence-corrected chi connectivity index (χ3v) is 6.37. The van der Waals surface area contributed by atoms with Crippen LogP contribution in [0.25, 0.3) is 0 Å². The Morgan fingerprint density at radius 2 is 2.04 bits per heavy atom. The van der Waals surface area contributed by atoms with Crippen molar-refractivity contribution in [3.63, 3.8) is 0 Å². The van der Waals surface area contributed by atoms with Crippen LogP contribution in [0.2, 0.25) is 0 Å². The van der Waals surface area contributed by atoms with E-state index >= 15 is 0 Å². The van der Waals surface area contributed by atoms with Gasteiger partial charge < -0.3 is 9.47 Å². The Labute approximate surface area is 169 Å². The smallest absolute Gasteiger partial charge is 0.214 e. The quantitative estimate of drug-likeness (QED) is 0.582. The maximum Gasteiger partial charge on any atom is 0.214 e. The second-order valence-corrected chi connectivity index (χ2v) is 8.13. The summed E-state index contributed by atoms with van der Waals surface area (Å²) < 4.78 is 12.0. The molecule has 0 saturated heterocycles. The summed E-state index contributed by atoms with van der Waals surface area (Å²) in [5.41, 5.74) is 7.14. The highest BCUT2D eigenvalue weighted by molar-refractivity contribution is 7.07. The minimum absolute atomic E-state index is 0.139. The highest BCUT2D eigenvalue weighted by atomic mass is 32.1. The van der Waals surface area contributed by atoms with Crippen molar-refractivity contribution in [1.82, 2.24) is 5.01 Å². The van der Waals surface area contributed by atoms with E-state index in [0.717, 1.165) is 34.8 Å². The first-order valence-electron chi connectivity index (χ1n) is 9.45. The van der Waals surface area contributed by atoms with Gasteiger partial charge in [0.1, 0.15) is 0 Å². The molecule has 0 spiro atoms. The normalized spacial score (nSPS) is 20.2. The molecule has 28 heavy (non-hydrogen) atoms.